The molecule has 1 aliphatic heterocycles. The Hall–Kier alpha value is -5.68. The van der Waals surface area contributed by atoms with Gasteiger partial charge in [0.2, 0.25) is 17.6 Å². The van der Waals surface area contributed by atoms with Gasteiger partial charge in [0.05, 0.1) is 28.0 Å². The van der Waals surface area contributed by atoms with E-state index in [4.69, 9.17) is 0 Å². The number of hydrogen-bond donors (Lipinski definition) is 2. The molecule has 0 saturated carbocycles. The fraction of sp³-hybridized carbons (Fsp3) is 0.0667. The van der Waals surface area contributed by atoms with Gasteiger partial charge in [-0.05, 0) is 59.8 Å². The second-order valence-electron chi connectivity index (χ2n) is 9.52. The Morgan fingerprint density at radius 2 is 1.61 bits per heavy atom. The third kappa shape index (κ3) is 4.03. The fourth-order valence-corrected chi connectivity index (χ4v) is 5.08. The van der Waals surface area contributed by atoms with Crippen LogP contribution >= 0.6 is 0 Å². The van der Waals surface area contributed by atoms with Crippen molar-refractivity contribution >= 4 is 51.3 Å². The van der Waals surface area contributed by atoms with E-state index in [1.807, 2.05) is 6.07 Å². The van der Waals surface area contributed by atoms with Crippen LogP contribution in [0, 0.1) is 5.92 Å². The number of amides is 1. The van der Waals surface area contributed by atoms with E-state index < -0.39 is 29.2 Å². The molecule has 2 N–H and O–H groups in total. The third-order valence-corrected chi connectivity index (χ3v) is 7.09. The maximum atomic E-state index is 13.5. The maximum absolute atomic E-state index is 13.5. The Labute approximate surface area is 230 Å². The van der Waals surface area contributed by atoms with E-state index in [2.05, 4.69) is 25.3 Å². The average Bonchev–Trinajstić information content (AvgIpc) is 3.54. The van der Waals surface area contributed by atoms with E-state index >= 15 is 0 Å². The number of carbonyl (C=O) groups is 1. The SMILES string of the molecule is O=C1Nc2nc3ccccc3n2C([O-])C1/C=C/C(=C/C=c1\c(=O)[nH]c2nc3ccccc3n2c1=O)c1ccncc1. The molecule has 4 aromatic heterocycles. The Kier molecular flexibility index (Phi) is 5.65. The van der Waals surface area contributed by atoms with Gasteiger partial charge >= 0.3 is 0 Å². The van der Waals surface area contributed by atoms with Crippen LogP contribution in [-0.2, 0) is 4.79 Å². The van der Waals surface area contributed by atoms with Gasteiger partial charge in [-0.1, -0.05) is 42.5 Å². The van der Waals surface area contributed by atoms with Crippen LogP contribution in [0.25, 0.3) is 39.5 Å². The zero-order valence-electron chi connectivity index (χ0n) is 21.3. The number of carbonyl (C=O) groups excluding carboxylic acids is 1. The van der Waals surface area contributed by atoms with Crippen LogP contribution in [0.3, 0.4) is 0 Å². The fourth-order valence-electron chi connectivity index (χ4n) is 5.08. The summed E-state index contributed by atoms with van der Waals surface area (Å²) >= 11 is 0. The van der Waals surface area contributed by atoms with Gasteiger partial charge in [0, 0.05) is 12.4 Å². The van der Waals surface area contributed by atoms with Gasteiger partial charge in [0.1, 0.15) is 5.22 Å². The van der Waals surface area contributed by atoms with Crippen LogP contribution in [0.4, 0.5) is 5.95 Å². The van der Waals surface area contributed by atoms with Gasteiger partial charge in [0.15, 0.2) is 0 Å². The number of nitrogens with zero attached hydrogens (tertiary/aromatic N) is 5. The van der Waals surface area contributed by atoms with Gasteiger partial charge in [0.25, 0.3) is 11.1 Å². The second kappa shape index (κ2) is 9.50. The van der Waals surface area contributed by atoms with E-state index in [-0.39, 0.29) is 16.9 Å². The first-order valence-electron chi connectivity index (χ1n) is 12.8. The molecule has 2 unspecified atom stereocenters. The average molecular weight is 543 g/mol. The van der Waals surface area contributed by atoms with Crippen molar-refractivity contribution in [2.75, 3.05) is 5.32 Å². The molecular weight excluding hydrogens is 522 g/mol. The minimum Gasteiger partial charge on any atom is -0.835 e. The van der Waals surface area contributed by atoms with Gasteiger partial charge < -0.3 is 9.67 Å². The van der Waals surface area contributed by atoms with Crippen molar-refractivity contribution in [2.24, 2.45) is 5.92 Å². The summed E-state index contributed by atoms with van der Waals surface area (Å²) in [6.45, 7) is 0. The summed E-state index contributed by atoms with van der Waals surface area (Å²) < 4.78 is 2.83. The molecule has 2 aromatic carbocycles. The lowest BCUT2D eigenvalue weighted by Crippen LogP contribution is -2.44. The van der Waals surface area contributed by atoms with E-state index in [1.54, 1.807) is 79.1 Å². The van der Waals surface area contributed by atoms with Crippen molar-refractivity contribution in [3.8, 4) is 0 Å². The molecule has 6 aromatic rings. The highest BCUT2D eigenvalue weighted by atomic mass is 16.3. The number of benzene rings is 2. The molecule has 2 atom stereocenters. The van der Waals surface area contributed by atoms with E-state index in [0.29, 0.717) is 33.2 Å². The summed E-state index contributed by atoms with van der Waals surface area (Å²) in [5, 5.41) is 16.1. The van der Waals surface area contributed by atoms with Crippen molar-refractivity contribution in [3.05, 3.63) is 123 Å². The highest BCUT2D eigenvalue weighted by molar-refractivity contribution is 5.96. The molecule has 0 fully saturated rings. The zero-order chi connectivity index (χ0) is 28.1. The van der Waals surface area contributed by atoms with Crippen molar-refractivity contribution in [2.45, 2.75) is 6.23 Å². The topological polar surface area (TPSA) is 150 Å². The normalized spacial score (nSPS) is 18.0. The summed E-state index contributed by atoms with van der Waals surface area (Å²) in [6.07, 6.45) is 7.93. The van der Waals surface area contributed by atoms with Crippen LogP contribution in [0.1, 0.15) is 11.8 Å². The summed E-state index contributed by atoms with van der Waals surface area (Å²) in [4.78, 5) is 54.6. The molecule has 1 aliphatic rings. The maximum Gasteiger partial charge on any atom is 0.270 e. The van der Waals surface area contributed by atoms with Crippen LogP contribution in [0.2, 0.25) is 0 Å². The zero-order valence-corrected chi connectivity index (χ0v) is 21.3. The van der Waals surface area contributed by atoms with Crippen LogP contribution < -0.4 is 26.8 Å². The number of hydrogen-bond acceptors (Lipinski definition) is 7. The quantitative estimate of drug-likeness (QED) is 0.321. The predicted octanol–water partition coefficient (Wildman–Crippen LogP) is 1.55. The summed E-state index contributed by atoms with van der Waals surface area (Å²) in [5.74, 6) is -1.15. The summed E-state index contributed by atoms with van der Waals surface area (Å²) in [7, 11) is 0. The molecule has 7 rings (SSSR count). The first-order chi connectivity index (χ1) is 20.0. The lowest BCUT2D eigenvalue weighted by molar-refractivity contribution is -0.456. The number of anilines is 1. The predicted molar refractivity (Wildman–Crippen MR) is 152 cm³/mol. The van der Waals surface area contributed by atoms with Gasteiger partial charge in [-0.3, -0.25) is 29.7 Å². The van der Waals surface area contributed by atoms with E-state index in [0.717, 1.165) is 0 Å². The smallest absolute Gasteiger partial charge is 0.270 e. The summed E-state index contributed by atoms with van der Waals surface area (Å²) in [5.41, 5.74) is 2.56. The third-order valence-electron chi connectivity index (χ3n) is 7.09. The molecular formula is C30H20N7O4-. The molecule has 0 spiro atoms. The second-order valence-corrected chi connectivity index (χ2v) is 9.52. The number of nitrogens with one attached hydrogen (secondary N) is 2. The number of rotatable bonds is 4. The van der Waals surface area contributed by atoms with Crippen molar-refractivity contribution in [3.63, 3.8) is 0 Å². The van der Waals surface area contributed by atoms with Crippen molar-refractivity contribution in [1.29, 1.82) is 0 Å². The van der Waals surface area contributed by atoms with Crippen LogP contribution in [0.15, 0.2) is 101 Å². The Balaban J connectivity index is 1.33. The number of para-hydroxylation sites is 4. The highest BCUT2D eigenvalue weighted by Gasteiger charge is 2.29. The lowest BCUT2D eigenvalue weighted by Gasteiger charge is -2.36. The first-order valence-corrected chi connectivity index (χ1v) is 12.8. The van der Waals surface area contributed by atoms with Crippen LogP contribution in [-0.4, -0.2) is 34.8 Å². The van der Waals surface area contributed by atoms with Crippen molar-refractivity contribution in [1.82, 2.24) is 28.9 Å². The number of fused-ring (bicyclic) bond motifs is 6. The molecule has 0 aliphatic carbocycles. The molecule has 0 radical (unpaired) electrons. The monoisotopic (exact) mass is 542 g/mol. The van der Waals surface area contributed by atoms with Crippen molar-refractivity contribution < 1.29 is 9.90 Å². The molecule has 0 saturated heterocycles. The molecule has 11 nitrogen and oxygen atoms in total. The summed E-state index contributed by atoms with van der Waals surface area (Å²) in [6, 6.07) is 17.8. The van der Waals surface area contributed by atoms with E-state index in [9.17, 15) is 19.5 Å². The van der Waals surface area contributed by atoms with Gasteiger partial charge in [-0.15, -0.1) is 0 Å². The molecule has 11 heteroatoms. The Bertz CT molecular complexity index is 2230. The number of imidazole rings is 2. The largest absolute Gasteiger partial charge is 0.835 e. The van der Waals surface area contributed by atoms with Gasteiger partial charge in [-0.25, -0.2) is 14.4 Å². The Morgan fingerprint density at radius 1 is 0.902 bits per heavy atom. The molecule has 41 heavy (non-hydrogen) atoms. The molecule has 1 amide bonds. The van der Waals surface area contributed by atoms with E-state index in [1.165, 1.54) is 21.1 Å². The minimum absolute atomic E-state index is 0.0905. The Morgan fingerprint density at radius 3 is 2.39 bits per heavy atom. The standard InChI is InChI=1S/C30H20N7O4/c38-25-19(27(40)36-23-7-3-1-5-21(23)32-29(36)34-25)11-9-17(18-13-15-31-16-14-18)10-12-20-26(39)35-30-33-22-6-2-4-8-24(22)37(30)28(20)41/h1-16,19,27H,(H,32,34,38)(H,33,35,39)/q-1/b11-9+,17-10-,20-12+. The number of pyridine rings is 1. The minimum atomic E-state index is -1.45. The number of aromatic amines is 1. The van der Waals surface area contributed by atoms with Gasteiger partial charge in [-0.2, -0.15) is 0 Å². The number of H-pyrrole nitrogens is 1. The number of aromatic nitrogens is 6. The molecule has 5 heterocycles. The number of allylic oxidation sites excluding steroid dienone is 3. The first kappa shape index (κ1) is 24.4. The molecule has 0 bridgehead atoms. The van der Waals surface area contributed by atoms with Crippen LogP contribution in [0.5, 0.6) is 0 Å². The molecule has 200 valence electrons. The highest BCUT2D eigenvalue weighted by Crippen LogP contribution is 2.31. The lowest BCUT2D eigenvalue weighted by atomic mass is 10.00.